The van der Waals surface area contributed by atoms with E-state index in [2.05, 4.69) is 5.10 Å². The zero-order valence-corrected chi connectivity index (χ0v) is 11.8. The summed E-state index contributed by atoms with van der Waals surface area (Å²) in [4.78, 5) is 11.1. The summed E-state index contributed by atoms with van der Waals surface area (Å²) in [6.45, 7) is 1.90. The lowest BCUT2D eigenvalue weighted by atomic mass is 10.2. The van der Waals surface area contributed by atoms with Crippen LogP contribution in [0.4, 0.5) is 5.69 Å². The number of hydrogen-bond donors (Lipinski definition) is 2. The van der Waals surface area contributed by atoms with Gasteiger partial charge >= 0.3 is 5.97 Å². The molecule has 7 heteroatoms. The topological polar surface area (TPSA) is 90.4 Å². The van der Waals surface area contributed by atoms with Crippen LogP contribution < -0.4 is 10.5 Å². The molecular weight excluding hydrogens is 282 g/mol. The summed E-state index contributed by atoms with van der Waals surface area (Å²) in [6, 6.07) is 4.39. The summed E-state index contributed by atoms with van der Waals surface area (Å²) >= 11 is 6.11. The highest BCUT2D eigenvalue weighted by atomic mass is 35.5. The maximum absolute atomic E-state index is 11.1. The number of aryl methyl sites for hydroxylation is 2. The Labute approximate surface area is 120 Å². The predicted octanol–water partition coefficient (Wildman–Crippen LogP) is 2.24. The molecule has 0 unspecified atom stereocenters. The number of carboxylic acid groups (broad SMARTS) is 1. The van der Waals surface area contributed by atoms with Crippen LogP contribution in [0.1, 0.15) is 21.7 Å². The maximum atomic E-state index is 11.1. The molecule has 0 fully saturated rings. The first kappa shape index (κ1) is 14.2. The third-order valence-corrected chi connectivity index (χ3v) is 3.35. The highest BCUT2D eigenvalue weighted by Gasteiger charge is 2.15. The molecule has 0 spiro atoms. The lowest BCUT2D eigenvalue weighted by molar-refractivity contribution is 0.0691. The van der Waals surface area contributed by atoms with Gasteiger partial charge in [-0.2, -0.15) is 5.10 Å². The van der Waals surface area contributed by atoms with Crippen LogP contribution in [0.2, 0.25) is 5.02 Å². The van der Waals surface area contributed by atoms with E-state index in [0.717, 1.165) is 0 Å². The monoisotopic (exact) mass is 295 g/mol. The molecule has 0 saturated carbocycles. The fourth-order valence-corrected chi connectivity index (χ4v) is 2.03. The Hall–Kier alpha value is -2.21. The Morgan fingerprint density at radius 3 is 2.80 bits per heavy atom. The van der Waals surface area contributed by atoms with Crippen molar-refractivity contribution < 1.29 is 14.6 Å². The van der Waals surface area contributed by atoms with Gasteiger partial charge in [0.1, 0.15) is 17.9 Å². The number of nitrogens with two attached hydrogens (primary N) is 1. The second-order valence-electron chi connectivity index (χ2n) is 4.32. The van der Waals surface area contributed by atoms with Crippen LogP contribution in [-0.2, 0) is 13.7 Å². The van der Waals surface area contributed by atoms with Gasteiger partial charge in [-0.15, -0.1) is 0 Å². The number of aromatic carboxylic acids is 1. The minimum absolute atomic E-state index is 0.0502. The van der Waals surface area contributed by atoms with Crippen LogP contribution in [0, 0.1) is 6.92 Å². The van der Waals surface area contributed by atoms with Crippen molar-refractivity contribution in [2.24, 2.45) is 7.05 Å². The zero-order chi connectivity index (χ0) is 14.9. The highest BCUT2D eigenvalue weighted by molar-refractivity contribution is 6.31. The number of nitrogens with zero attached hydrogens (tertiary/aromatic N) is 2. The second-order valence-corrected chi connectivity index (χ2v) is 4.70. The largest absolute Gasteiger partial charge is 0.486 e. The van der Waals surface area contributed by atoms with Gasteiger partial charge in [0.2, 0.25) is 0 Å². The summed E-state index contributed by atoms with van der Waals surface area (Å²) < 4.78 is 7.14. The molecule has 0 aliphatic carbocycles. The number of rotatable bonds is 4. The van der Waals surface area contributed by atoms with E-state index < -0.39 is 5.97 Å². The van der Waals surface area contributed by atoms with Crippen LogP contribution >= 0.6 is 11.6 Å². The van der Waals surface area contributed by atoms with Crippen molar-refractivity contribution in [1.82, 2.24) is 9.78 Å². The minimum Gasteiger partial charge on any atom is -0.486 e. The molecule has 0 radical (unpaired) electrons. The fourth-order valence-electron chi connectivity index (χ4n) is 1.82. The number of ether oxygens (including phenoxy) is 1. The standard InChI is InChI=1S/C13H14ClN3O3/c1-7-12(14)10(17(2)16-7)6-20-11-5-8(15)3-4-9(11)13(18)19/h3-5H,6,15H2,1-2H3,(H,18,19). The van der Waals surface area contributed by atoms with E-state index in [1.54, 1.807) is 18.7 Å². The van der Waals surface area contributed by atoms with E-state index >= 15 is 0 Å². The summed E-state index contributed by atoms with van der Waals surface area (Å²) in [6.07, 6.45) is 0. The van der Waals surface area contributed by atoms with Crippen LogP contribution in [0.15, 0.2) is 18.2 Å². The highest BCUT2D eigenvalue weighted by Crippen LogP contribution is 2.25. The number of anilines is 1. The van der Waals surface area contributed by atoms with Gasteiger partial charge in [-0.3, -0.25) is 4.68 Å². The lowest BCUT2D eigenvalue weighted by Gasteiger charge is -2.10. The Morgan fingerprint density at radius 1 is 1.55 bits per heavy atom. The molecular formula is C13H14ClN3O3. The van der Waals surface area contributed by atoms with Crippen molar-refractivity contribution in [2.45, 2.75) is 13.5 Å². The fraction of sp³-hybridized carbons (Fsp3) is 0.231. The smallest absolute Gasteiger partial charge is 0.339 e. The van der Waals surface area contributed by atoms with E-state index in [-0.39, 0.29) is 17.9 Å². The molecule has 0 amide bonds. The van der Waals surface area contributed by atoms with E-state index in [4.69, 9.17) is 27.2 Å². The Balaban J connectivity index is 2.27. The van der Waals surface area contributed by atoms with E-state index in [1.807, 2.05) is 0 Å². The Morgan fingerprint density at radius 2 is 2.25 bits per heavy atom. The molecule has 0 saturated heterocycles. The molecule has 0 atom stereocenters. The number of aromatic nitrogens is 2. The number of benzene rings is 1. The van der Waals surface area contributed by atoms with Crippen molar-refractivity contribution in [3.8, 4) is 5.75 Å². The van der Waals surface area contributed by atoms with Crippen molar-refractivity contribution in [3.63, 3.8) is 0 Å². The molecule has 0 aliphatic rings. The maximum Gasteiger partial charge on any atom is 0.339 e. The quantitative estimate of drug-likeness (QED) is 0.844. The van der Waals surface area contributed by atoms with Crippen molar-refractivity contribution in [2.75, 3.05) is 5.73 Å². The van der Waals surface area contributed by atoms with E-state index in [1.165, 1.54) is 18.2 Å². The Kier molecular flexibility index (Phi) is 3.85. The second kappa shape index (κ2) is 5.42. The molecule has 1 aromatic carbocycles. The normalized spacial score (nSPS) is 10.6. The first-order valence-corrected chi connectivity index (χ1v) is 6.21. The summed E-state index contributed by atoms with van der Waals surface area (Å²) in [5, 5.41) is 13.8. The predicted molar refractivity (Wildman–Crippen MR) is 75.1 cm³/mol. The van der Waals surface area contributed by atoms with Gasteiger partial charge in [0, 0.05) is 18.8 Å². The van der Waals surface area contributed by atoms with E-state index in [9.17, 15) is 4.79 Å². The molecule has 0 aliphatic heterocycles. The van der Waals surface area contributed by atoms with Crippen LogP contribution in [0.25, 0.3) is 0 Å². The Bertz CT molecular complexity index is 667. The third-order valence-electron chi connectivity index (χ3n) is 2.86. The number of carboxylic acids is 1. The summed E-state index contributed by atoms with van der Waals surface area (Å²) in [5.41, 5.74) is 7.48. The molecule has 2 rings (SSSR count). The molecule has 20 heavy (non-hydrogen) atoms. The molecule has 0 bridgehead atoms. The van der Waals surface area contributed by atoms with Gasteiger partial charge in [0.05, 0.1) is 16.4 Å². The van der Waals surface area contributed by atoms with E-state index in [0.29, 0.717) is 22.1 Å². The van der Waals surface area contributed by atoms with Gasteiger partial charge in [0.15, 0.2) is 0 Å². The lowest BCUT2D eigenvalue weighted by Crippen LogP contribution is -2.07. The number of halogens is 1. The van der Waals surface area contributed by atoms with Crippen molar-refractivity contribution >= 4 is 23.3 Å². The number of carbonyl (C=O) groups is 1. The van der Waals surface area contributed by atoms with Gasteiger partial charge in [0.25, 0.3) is 0 Å². The molecule has 6 nitrogen and oxygen atoms in total. The van der Waals surface area contributed by atoms with Crippen molar-refractivity contribution in [3.05, 3.63) is 40.2 Å². The molecule has 1 aromatic heterocycles. The average Bonchev–Trinajstić information content (AvgIpc) is 2.61. The van der Waals surface area contributed by atoms with Crippen molar-refractivity contribution in [1.29, 1.82) is 0 Å². The van der Waals surface area contributed by atoms with Crippen LogP contribution in [0.3, 0.4) is 0 Å². The van der Waals surface area contributed by atoms with Crippen LogP contribution in [0.5, 0.6) is 5.75 Å². The molecule has 2 aromatic rings. The van der Waals surface area contributed by atoms with Gasteiger partial charge in [-0.05, 0) is 19.1 Å². The van der Waals surface area contributed by atoms with Gasteiger partial charge in [-0.25, -0.2) is 4.79 Å². The van der Waals surface area contributed by atoms with Gasteiger partial charge < -0.3 is 15.6 Å². The molecule has 106 valence electrons. The number of nitrogen functional groups attached to an aromatic ring is 1. The minimum atomic E-state index is -1.08. The molecule has 3 N–H and O–H groups in total. The summed E-state index contributed by atoms with van der Waals surface area (Å²) in [7, 11) is 1.75. The molecule has 1 heterocycles. The third kappa shape index (κ3) is 2.70. The number of hydrogen-bond acceptors (Lipinski definition) is 4. The first-order chi connectivity index (χ1) is 9.40. The summed E-state index contributed by atoms with van der Waals surface area (Å²) in [5.74, 6) is -0.875. The van der Waals surface area contributed by atoms with Crippen LogP contribution in [-0.4, -0.2) is 20.9 Å². The zero-order valence-electron chi connectivity index (χ0n) is 11.1. The van der Waals surface area contributed by atoms with Gasteiger partial charge in [-0.1, -0.05) is 11.6 Å². The average molecular weight is 296 g/mol. The SMILES string of the molecule is Cc1nn(C)c(COc2cc(N)ccc2C(=O)O)c1Cl. The first-order valence-electron chi connectivity index (χ1n) is 5.83.